The molecule has 0 radical (unpaired) electrons. The average Bonchev–Trinajstić information content (AvgIpc) is 3.37. The zero-order chi connectivity index (χ0) is 18.8. The number of benzene rings is 2. The van der Waals surface area contributed by atoms with Gasteiger partial charge < -0.3 is 9.55 Å². The van der Waals surface area contributed by atoms with E-state index in [-0.39, 0.29) is 14.7 Å². The molecule has 2 aromatic heterocycles. The van der Waals surface area contributed by atoms with Crippen molar-refractivity contribution in [2.75, 3.05) is 0 Å². The molecule has 2 aliphatic rings. The second-order valence-electron chi connectivity index (χ2n) is 7.79. The van der Waals surface area contributed by atoms with Gasteiger partial charge in [-0.2, -0.15) is 0 Å². The van der Waals surface area contributed by atoms with E-state index >= 15 is 0 Å². The molecule has 0 saturated carbocycles. The minimum atomic E-state index is -0.521. The van der Waals surface area contributed by atoms with Gasteiger partial charge in [-0.25, -0.2) is 0 Å². The number of fused-ring (bicyclic) bond motifs is 1. The van der Waals surface area contributed by atoms with Gasteiger partial charge in [0.2, 0.25) is 11.8 Å². The molecule has 2 amide bonds. The molecule has 0 bridgehead atoms. The standard InChI is InChI=1S/C23H19N3O2.2H2/c27-22-19(16-11-24-18-9-2-1-7-14(16)18)20(23(28)25-22)17-12-26-10-4-6-13-5-3-8-15(17)21(13)26;;/h1-3,5,7-9,11-12,19-20,24H,4,6,10H2,(H,25,27,28);2*1H/t19?,20-;;/m0../s1. The van der Waals surface area contributed by atoms with E-state index in [0.29, 0.717) is 0 Å². The highest BCUT2D eigenvalue weighted by Crippen LogP contribution is 2.44. The van der Waals surface area contributed by atoms with Crippen LogP contribution in [0.3, 0.4) is 0 Å². The molecule has 2 N–H and O–H groups in total. The van der Waals surface area contributed by atoms with Gasteiger partial charge in [-0.15, -0.1) is 0 Å². The summed E-state index contributed by atoms with van der Waals surface area (Å²) in [7, 11) is 0. The fourth-order valence-electron chi connectivity index (χ4n) is 5.10. The predicted molar refractivity (Wildman–Crippen MR) is 111 cm³/mol. The number of H-pyrrole nitrogens is 1. The number of rotatable bonds is 2. The molecule has 142 valence electrons. The van der Waals surface area contributed by atoms with Gasteiger partial charge in [0, 0.05) is 38.1 Å². The molecule has 5 heteroatoms. The van der Waals surface area contributed by atoms with Crippen molar-refractivity contribution in [3.05, 3.63) is 71.5 Å². The summed E-state index contributed by atoms with van der Waals surface area (Å²) in [5.41, 5.74) is 5.36. The van der Waals surface area contributed by atoms with E-state index in [0.717, 1.165) is 46.8 Å². The lowest BCUT2D eigenvalue weighted by Crippen LogP contribution is -2.21. The number of aryl methyl sites for hydroxylation is 2. The second-order valence-corrected chi connectivity index (χ2v) is 7.79. The zero-order valence-electron chi connectivity index (χ0n) is 15.2. The molecular formula is C23H23N3O2. The van der Waals surface area contributed by atoms with Crippen LogP contribution in [0.4, 0.5) is 0 Å². The quantitative estimate of drug-likeness (QED) is 0.520. The molecule has 6 rings (SSSR count). The second kappa shape index (κ2) is 5.58. The Balaban J connectivity index is 0.00000109. The minimum absolute atomic E-state index is 0. The highest BCUT2D eigenvalue weighted by atomic mass is 16.2. The normalized spacial score (nSPS) is 21.6. The summed E-state index contributed by atoms with van der Waals surface area (Å²) >= 11 is 0. The fraction of sp³-hybridized carbons (Fsp3) is 0.217. The van der Waals surface area contributed by atoms with E-state index in [4.69, 9.17) is 0 Å². The van der Waals surface area contributed by atoms with Crippen LogP contribution in [0, 0.1) is 0 Å². The molecule has 1 saturated heterocycles. The number of carbonyl (C=O) groups is 2. The molecule has 4 heterocycles. The molecule has 1 fully saturated rings. The minimum Gasteiger partial charge on any atom is -0.361 e. The highest BCUT2D eigenvalue weighted by Gasteiger charge is 2.45. The van der Waals surface area contributed by atoms with Crippen molar-refractivity contribution in [1.29, 1.82) is 0 Å². The van der Waals surface area contributed by atoms with Crippen LogP contribution in [-0.2, 0) is 22.6 Å². The number of imide groups is 1. The molecular weight excluding hydrogens is 350 g/mol. The summed E-state index contributed by atoms with van der Waals surface area (Å²) < 4.78 is 2.26. The van der Waals surface area contributed by atoms with Crippen molar-refractivity contribution >= 4 is 33.6 Å². The van der Waals surface area contributed by atoms with Crippen molar-refractivity contribution in [3.63, 3.8) is 0 Å². The van der Waals surface area contributed by atoms with Crippen molar-refractivity contribution < 1.29 is 12.4 Å². The first-order valence-electron chi connectivity index (χ1n) is 9.74. The molecule has 2 aliphatic heterocycles. The zero-order valence-corrected chi connectivity index (χ0v) is 15.2. The van der Waals surface area contributed by atoms with E-state index in [2.05, 4.69) is 39.3 Å². The van der Waals surface area contributed by atoms with E-state index in [1.165, 1.54) is 11.1 Å². The van der Waals surface area contributed by atoms with Crippen molar-refractivity contribution in [1.82, 2.24) is 14.9 Å². The number of hydrogen-bond donors (Lipinski definition) is 2. The number of carbonyl (C=O) groups excluding carboxylic acids is 2. The van der Waals surface area contributed by atoms with Crippen molar-refractivity contribution in [2.45, 2.75) is 31.2 Å². The molecule has 0 aliphatic carbocycles. The van der Waals surface area contributed by atoms with Crippen LogP contribution in [-0.4, -0.2) is 21.4 Å². The molecule has 2 atom stereocenters. The smallest absolute Gasteiger partial charge is 0.235 e. The van der Waals surface area contributed by atoms with Crippen LogP contribution < -0.4 is 5.32 Å². The van der Waals surface area contributed by atoms with Crippen LogP contribution >= 0.6 is 0 Å². The fourth-order valence-corrected chi connectivity index (χ4v) is 5.10. The van der Waals surface area contributed by atoms with Crippen LogP contribution in [0.1, 0.15) is 37.8 Å². The molecule has 0 spiro atoms. The van der Waals surface area contributed by atoms with Crippen molar-refractivity contribution in [2.24, 2.45) is 0 Å². The third-order valence-corrected chi connectivity index (χ3v) is 6.29. The number of aromatic amines is 1. The first kappa shape index (κ1) is 15.7. The van der Waals surface area contributed by atoms with Gasteiger partial charge in [-0.05, 0) is 35.6 Å². The molecule has 2 aromatic carbocycles. The Kier molecular flexibility index (Phi) is 3.13. The predicted octanol–water partition coefficient (Wildman–Crippen LogP) is 4.08. The van der Waals surface area contributed by atoms with Gasteiger partial charge >= 0.3 is 0 Å². The Morgan fingerprint density at radius 3 is 2.61 bits per heavy atom. The van der Waals surface area contributed by atoms with E-state index in [1.807, 2.05) is 30.5 Å². The summed E-state index contributed by atoms with van der Waals surface area (Å²) in [6.07, 6.45) is 6.13. The van der Waals surface area contributed by atoms with Crippen LogP contribution in [0.25, 0.3) is 21.8 Å². The van der Waals surface area contributed by atoms with Gasteiger partial charge in [0.1, 0.15) is 0 Å². The third kappa shape index (κ3) is 2.01. The SMILES string of the molecule is O=C1NC(=O)[C@@H](c2cn3c4c(cccc24)CCC3)C1c1c[nH]c2ccccc12.[HH].[HH]. The van der Waals surface area contributed by atoms with Gasteiger partial charge in [0.15, 0.2) is 0 Å². The largest absolute Gasteiger partial charge is 0.361 e. The average molecular weight is 373 g/mol. The molecule has 4 aromatic rings. The van der Waals surface area contributed by atoms with E-state index in [9.17, 15) is 9.59 Å². The van der Waals surface area contributed by atoms with Gasteiger partial charge in [0.05, 0.1) is 17.4 Å². The first-order valence-corrected chi connectivity index (χ1v) is 9.74. The summed E-state index contributed by atoms with van der Waals surface area (Å²) in [6.45, 7) is 0.952. The summed E-state index contributed by atoms with van der Waals surface area (Å²) in [5.74, 6) is -1.45. The first-order chi connectivity index (χ1) is 13.7. The number of nitrogens with zero attached hydrogens (tertiary/aromatic N) is 1. The number of amides is 2. The Morgan fingerprint density at radius 1 is 0.929 bits per heavy atom. The van der Waals surface area contributed by atoms with Crippen LogP contribution in [0.15, 0.2) is 54.9 Å². The number of aromatic nitrogens is 2. The van der Waals surface area contributed by atoms with E-state index < -0.39 is 11.8 Å². The number of para-hydroxylation sites is 2. The Hall–Kier alpha value is -3.34. The highest BCUT2D eigenvalue weighted by molar-refractivity contribution is 6.13. The summed E-state index contributed by atoms with van der Waals surface area (Å²) in [5, 5.41) is 4.68. The monoisotopic (exact) mass is 373 g/mol. The maximum Gasteiger partial charge on any atom is 0.235 e. The van der Waals surface area contributed by atoms with E-state index in [1.54, 1.807) is 0 Å². The van der Waals surface area contributed by atoms with Crippen LogP contribution in [0.5, 0.6) is 0 Å². The van der Waals surface area contributed by atoms with Gasteiger partial charge in [0.25, 0.3) is 0 Å². The Morgan fingerprint density at radius 2 is 1.71 bits per heavy atom. The number of nitrogens with one attached hydrogen (secondary N) is 2. The molecule has 5 nitrogen and oxygen atoms in total. The maximum absolute atomic E-state index is 12.9. The molecule has 28 heavy (non-hydrogen) atoms. The van der Waals surface area contributed by atoms with Crippen molar-refractivity contribution in [3.8, 4) is 0 Å². The van der Waals surface area contributed by atoms with Gasteiger partial charge in [-0.3, -0.25) is 14.9 Å². The summed E-state index contributed by atoms with van der Waals surface area (Å²) in [4.78, 5) is 29.0. The third-order valence-electron chi connectivity index (χ3n) is 6.29. The Labute approximate surface area is 164 Å². The lowest BCUT2D eigenvalue weighted by molar-refractivity contribution is -0.125. The molecule has 1 unspecified atom stereocenters. The van der Waals surface area contributed by atoms with Gasteiger partial charge in [-0.1, -0.05) is 36.4 Å². The maximum atomic E-state index is 12.9. The lowest BCUT2D eigenvalue weighted by atomic mass is 9.83. The summed E-state index contributed by atoms with van der Waals surface area (Å²) in [6, 6.07) is 14.2. The Bertz CT molecular complexity index is 1290. The lowest BCUT2D eigenvalue weighted by Gasteiger charge is -2.15. The number of hydrogen-bond acceptors (Lipinski definition) is 2. The van der Waals surface area contributed by atoms with Crippen LogP contribution in [0.2, 0.25) is 0 Å². The topological polar surface area (TPSA) is 66.9 Å².